The SMILES string of the molecule is Cc1c(O)c(=O)n(-c2nc3ccccc3s2)n1C. The average Bonchev–Trinajstić information content (AvgIpc) is 2.86. The molecule has 0 atom stereocenters. The van der Waals surface area contributed by atoms with Gasteiger partial charge in [-0.15, -0.1) is 0 Å². The number of aromatic hydroxyl groups is 1. The molecule has 0 saturated heterocycles. The number of para-hydroxylation sites is 1. The lowest BCUT2D eigenvalue weighted by molar-refractivity contribution is 0.465. The molecule has 1 aromatic carbocycles. The van der Waals surface area contributed by atoms with Crippen molar-refractivity contribution in [1.29, 1.82) is 0 Å². The Morgan fingerprint density at radius 1 is 1.33 bits per heavy atom. The maximum absolute atomic E-state index is 11.9. The minimum absolute atomic E-state index is 0.225. The van der Waals surface area contributed by atoms with Crippen molar-refractivity contribution in [3.8, 4) is 10.9 Å². The molecule has 2 heterocycles. The minimum atomic E-state index is -0.436. The second kappa shape index (κ2) is 3.71. The van der Waals surface area contributed by atoms with Gasteiger partial charge in [0.2, 0.25) is 10.9 Å². The highest BCUT2D eigenvalue weighted by atomic mass is 32.1. The Morgan fingerprint density at radius 3 is 2.67 bits per heavy atom. The van der Waals surface area contributed by atoms with Gasteiger partial charge in [0.25, 0.3) is 0 Å². The van der Waals surface area contributed by atoms with Crippen molar-refractivity contribution in [3.63, 3.8) is 0 Å². The van der Waals surface area contributed by atoms with E-state index in [1.165, 1.54) is 16.0 Å². The van der Waals surface area contributed by atoms with Gasteiger partial charge in [-0.05, 0) is 19.1 Å². The maximum atomic E-state index is 11.9. The molecule has 18 heavy (non-hydrogen) atoms. The molecule has 2 aromatic heterocycles. The molecule has 1 N–H and O–H groups in total. The van der Waals surface area contributed by atoms with Crippen LogP contribution in [0.1, 0.15) is 5.69 Å². The molecule has 5 nitrogen and oxygen atoms in total. The van der Waals surface area contributed by atoms with Gasteiger partial charge >= 0.3 is 5.56 Å². The summed E-state index contributed by atoms with van der Waals surface area (Å²) in [7, 11) is 1.72. The average molecular weight is 261 g/mol. The van der Waals surface area contributed by atoms with Crippen LogP contribution in [0.2, 0.25) is 0 Å². The first-order chi connectivity index (χ1) is 8.59. The van der Waals surface area contributed by atoms with E-state index in [2.05, 4.69) is 4.98 Å². The molecule has 0 bridgehead atoms. The first-order valence-corrected chi connectivity index (χ1v) is 6.25. The second-order valence-corrected chi connectivity index (χ2v) is 5.05. The Labute approximate surface area is 107 Å². The van der Waals surface area contributed by atoms with Gasteiger partial charge in [-0.3, -0.25) is 9.48 Å². The van der Waals surface area contributed by atoms with E-state index in [0.717, 1.165) is 10.2 Å². The third-order valence-corrected chi connectivity index (χ3v) is 4.00. The second-order valence-electron chi connectivity index (χ2n) is 4.04. The number of benzene rings is 1. The minimum Gasteiger partial charge on any atom is -0.502 e. The van der Waals surface area contributed by atoms with Crippen molar-refractivity contribution in [1.82, 2.24) is 14.3 Å². The molecule has 0 spiro atoms. The predicted octanol–water partition coefficient (Wildman–Crippen LogP) is 1.80. The molecule has 3 rings (SSSR count). The normalized spacial score (nSPS) is 11.2. The standard InChI is InChI=1S/C12H11N3O2S/c1-7-10(16)11(17)15(14(7)2)12-13-8-5-3-4-6-9(8)18-12/h3-6,16H,1-2H3. The van der Waals surface area contributed by atoms with Crippen LogP contribution in [-0.4, -0.2) is 19.5 Å². The van der Waals surface area contributed by atoms with Crippen LogP contribution in [0.25, 0.3) is 15.3 Å². The molecular weight excluding hydrogens is 250 g/mol. The number of aromatic nitrogens is 3. The molecule has 0 fully saturated rings. The predicted molar refractivity (Wildman–Crippen MR) is 70.6 cm³/mol. The van der Waals surface area contributed by atoms with Crippen molar-refractivity contribution in [2.75, 3.05) is 0 Å². The van der Waals surface area contributed by atoms with Crippen LogP contribution >= 0.6 is 11.3 Å². The fourth-order valence-electron chi connectivity index (χ4n) is 1.86. The van der Waals surface area contributed by atoms with Crippen LogP contribution in [0.15, 0.2) is 29.1 Å². The van der Waals surface area contributed by atoms with E-state index in [-0.39, 0.29) is 5.75 Å². The summed E-state index contributed by atoms with van der Waals surface area (Å²) in [5, 5.41) is 10.2. The number of fused-ring (bicyclic) bond motifs is 1. The van der Waals surface area contributed by atoms with Gasteiger partial charge in [0.15, 0.2) is 0 Å². The van der Waals surface area contributed by atoms with E-state index in [9.17, 15) is 9.90 Å². The van der Waals surface area contributed by atoms with Gasteiger partial charge in [0.05, 0.1) is 15.9 Å². The lowest BCUT2D eigenvalue weighted by Gasteiger charge is -2.02. The Hall–Kier alpha value is -2.08. The highest BCUT2D eigenvalue weighted by Gasteiger charge is 2.17. The lowest BCUT2D eigenvalue weighted by atomic mass is 10.3. The third-order valence-electron chi connectivity index (χ3n) is 2.99. The fourth-order valence-corrected chi connectivity index (χ4v) is 2.86. The molecule has 0 amide bonds. The smallest absolute Gasteiger partial charge is 0.315 e. The van der Waals surface area contributed by atoms with Gasteiger partial charge in [-0.1, -0.05) is 23.5 Å². The van der Waals surface area contributed by atoms with Crippen molar-refractivity contribution >= 4 is 21.6 Å². The van der Waals surface area contributed by atoms with Crippen LogP contribution in [0.5, 0.6) is 5.75 Å². The summed E-state index contributed by atoms with van der Waals surface area (Å²) in [4.78, 5) is 16.4. The highest BCUT2D eigenvalue weighted by Crippen LogP contribution is 2.24. The summed E-state index contributed by atoms with van der Waals surface area (Å²) in [5.41, 5.74) is 0.941. The zero-order valence-corrected chi connectivity index (χ0v) is 10.7. The van der Waals surface area contributed by atoms with Gasteiger partial charge in [0.1, 0.15) is 0 Å². The zero-order valence-electron chi connectivity index (χ0n) is 9.91. The first kappa shape index (κ1) is 11.0. The van der Waals surface area contributed by atoms with Gasteiger partial charge < -0.3 is 5.11 Å². The van der Waals surface area contributed by atoms with Crippen LogP contribution in [0.4, 0.5) is 0 Å². The summed E-state index contributed by atoms with van der Waals surface area (Å²) >= 11 is 1.42. The maximum Gasteiger partial charge on any atom is 0.315 e. The van der Waals surface area contributed by atoms with Crippen molar-refractivity contribution in [3.05, 3.63) is 40.3 Å². The number of nitrogens with zero attached hydrogens (tertiary/aromatic N) is 3. The number of thiazole rings is 1. The summed E-state index contributed by atoms with van der Waals surface area (Å²) in [6.45, 7) is 1.69. The Balaban J connectivity index is 2.33. The molecule has 6 heteroatoms. The van der Waals surface area contributed by atoms with Gasteiger partial charge in [0, 0.05) is 7.05 Å². The first-order valence-electron chi connectivity index (χ1n) is 5.43. The molecule has 0 unspecified atom stereocenters. The van der Waals surface area contributed by atoms with Gasteiger partial charge in [-0.25, -0.2) is 4.98 Å². The Bertz CT molecular complexity index is 764. The molecular formula is C12H11N3O2S. The number of hydrogen-bond donors (Lipinski definition) is 1. The summed E-state index contributed by atoms with van der Waals surface area (Å²) in [6, 6.07) is 7.69. The van der Waals surface area contributed by atoms with Crippen molar-refractivity contribution < 1.29 is 5.11 Å². The largest absolute Gasteiger partial charge is 0.502 e. The number of hydrogen-bond acceptors (Lipinski definition) is 4. The monoisotopic (exact) mass is 261 g/mol. The molecule has 0 aliphatic carbocycles. The van der Waals surface area contributed by atoms with E-state index >= 15 is 0 Å². The Kier molecular flexibility index (Phi) is 2.27. The Morgan fingerprint density at radius 2 is 2.06 bits per heavy atom. The lowest BCUT2D eigenvalue weighted by Crippen LogP contribution is -2.19. The summed E-state index contributed by atoms with van der Waals surface area (Å²) in [5.74, 6) is -0.225. The topological polar surface area (TPSA) is 60.0 Å². The van der Waals surface area contributed by atoms with Crippen LogP contribution in [0, 0.1) is 6.92 Å². The highest BCUT2D eigenvalue weighted by molar-refractivity contribution is 7.20. The van der Waals surface area contributed by atoms with Crippen LogP contribution in [0.3, 0.4) is 0 Å². The van der Waals surface area contributed by atoms with Crippen LogP contribution < -0.4 is 5.56 Å². The summed E-state index contributed by atoms with van der Waals surface area (Å²) in [6.07, 6.45) is 0. The van der Waals surface area contributed by atoms with Crippen molar-refractivity contribution in [2.45, 2.75) is 6.92 Å². The molecule has 3 aromatic rings. The van der Waals surface area contributed by atoms with E-state index in [4.69, 9.17) is 0 Å². The van der Waals surface area contributed by atoms with Gasteiger partial charge in [-0.2, -0.15) is 4.68 Å². The molecule has 0 aliphatic rings. The van der Waals surface area contributed by atoms with Crippen LogP contribution in [-0.2, 0) is 7.05 Å². The summed E-state index contributed by atoms with van der Waals surface area (Å²) < 4.78 is 4.00. The third kappa shape index (κ3) is 1.39. The van der Waals surface area contributed by atoms with E-state index in [0.29, 0.717) is 10.8 Å². The molecule has 0 saturated carbocycles. The zero-order chi connectivity index (χ0) is 12.9. The van der Waals surface area contributed by atoms with E-state index in [1.807, 2.05) is 24.3 Å². The molecule has 92 valence electrons. The van der Waals surface area contributed by atoms with E-state index < -0.39 is 5.56 Å². The number of rotatable bonds is 1. The fraction of sp³-hybridized carbons (Fsp3) is 0.167. The van der Waals surface area contributed by atoms with Crippen molar-refractivity contribution in [2.24, 2.45) is 7.05 Å². The molecule has 0 radical (unpaired) electrons. The molecule has 0 aliphatic heterocycles. The van der Waals surface area contributed by atoms with E-state index in [1.54, 1.807) is 18.7 Å². The quantitative estimate of drug-likeness (QED) is 0.726.